The van der Waals surface area contributed by atoms with Gasteiger partial charge in [-0.3, -0.25) is 4.98 Å². The molecule has 3 aliphatic heterocycles. The van der Waals surface area contributed by atoms with Crippen molar-refractivity contribution in [3.05, 3.63) is 54.2 Å². The van der Waals surface area contributed by atoms with E-state index in [0.29, 0.717) is 32.0 Å². The van der Waals surface area contributed by atoms with Gasteiger partial charge in [-0.1, -0.05) is 17.8 Å². The van der Waals surface area contributed by atoms with Crippen molar-refractivity contribution in [1.29, 1.82) is 0 Å². The number of ether oxygens (including phenoxy) is 3. The molecule has 3 aromatic heterocycles. The molecule has 2 N–H and O–H groups in total. The van der Waals surface area contributed by atoms with Gasteiger partial charge in [-0.2, -0.15) is 0 Å². The van der Waals surface area contributed by atoms with Crippen LogP contribution in [0.3, 0.4) is 0 Å². The van der Waals surface area contributed by atoms with Gasteiger partial charge in [0.2, 0.25) is 0 Å². The maximum atomic E-state index is 6.72. The highest BCUT2D eigenvalue weighted by Gasteiger charge is 2.46. The molecule has 7 rings (SSSR count). The van der Waals surface area contributed by atoms with E-state index in [4.69, 9.17) is 29.9 Å². The molecular formula is C29H35N7O3S. The number of anilines is 2. The molecule has 2 fully saturated rings. The van der Waals surface area contributed by atoms with Crippen LogP contribution in [-0.4, -0.2) is 72.7 Å². The fourth-order valence-electron chi connectivity index (χ4n) is 6.83. The van der Waals surface area contributed by atoms with E-state index in [1.165, 1.54) is 11.3 Å². The van der Waals surface area contributed by atoms with Crippen LogP contribution in [0, 0.1) is 11.3 Å². The van der Waals surface area contributed by atoms with E-state index in [1.54, 1.807) is 18.9 Å². The molecule has 0 bridgehead atoms. The second kappa shape index (κ2) is 10.8. The van der Waals surface area contributed by atoms with Crippen molar-refractivity contribution in [1.82, 2.24) is 19.9 Å². The topological polar surface area (TPSA) is 112 Å². The van der Waals surface area contributed by atoms with Crippen LogP contribution < -0.4 is 20.3 Å². The summed E-state index contributed by atoms with van der Waals surface area (Å²) in [5.41, 5.74) is 9.21. The minimum Gasteiger partial charge on any atom is -0.486 e. The summed E-state index contributed by atoms with van der Waals surface area (Å²) in [4.78, 5) is 24.5. The predicted molar refractivity (Wildman–Crippen MR) is 152 cm³/mol. The van der Waals surface area contributed by atoms with Crippen LogP contribution in [-0.2, 0) is 15.9 Å². The second-order valence-corrected chi connectivity index (χ2v) is 12.4. The van der Waals surface area contributed by atoms with E-state index in [-0.39, 0.29) is 11.5 Å². The molecule has 10 nitrogen and oxygen atoms in total. The lowest BCUT2D eigenvalue weighted by Crippen LogP contribution is -2.44. The first-order valence-corrected chi connectivity index (χ1v) is 14.8. The molecular weight excluding hydrogens is 526 g/mol. The van der Waals surface area contributed by atoms with Crippen LogP contribution >= 0.6 is 11.8 Å². The number of pyridine rings is 2. The Labute approximate surface area is 238 Å². The normalized spacial score (nSPS) is 24.5. The largest absolute Gasteiger partial charge is 0.486 e. The van der Waals surface area contributed by atoms with Gasteiger partial charge in [-0.25, -0.2) is 15.0 Å². The number of methoxy groups -OCH3 is 1. The number of hydrogen-bond donors (Lipinski definition) is 1. The Morgan fingerprint density at radius 3 is 2.83 bits per heavy atom. The molecule has 3 aromatic rings. The van der Waals surface area contributed by atoms with Gasteiger partial charge in [0.1, 0.15) is 24.2 Å². The van der Waals surface area contributed by atoms with Gasteiger partial charge < -0.3 is 29.7 Å². The monoisotopic (exact) mass is 561 g/mol. The van der Waals surface area contributed by atoms with Crippen LogP contribution in [0.1, 0.15) is 36.6 Å². The van der Waals surface area contributed by atoms with E-state index in [2.05, 4.69) is 25.8 Å². The molecule has 0 unspecified atom stereocenters. The van der Waals surface area contributed by atoms with Gasteiger partial charge in [0.15, 0.2) is 11.6 Å². The van der Waals surface area contributed by atoms with Gasteiger partial charge in [0, 0.05) is 56.8 Å². The summed E-state index contributed by atoms with van der Waals surface area (Å²) in [6, 6.07) is 6.51. The summed E-state index contributed by atoms with van der Waals surface area (Å²) in [7, 11) is 1.65. The van der Waals surface area contributed by atoms with Gasteiger partial charge in [0.25, 0.3) is 0 Å². The molecule has 6 heterocycles. The fourth-order valence-corrected chi connectivity index (χ4v) is 7.64. The van der Waals surface area contributed by atoms with Crippen molar-refractivity contribution in [2.75, 3.05) is 56.6 Å². The first kappa shape index (κ1) is 25.9. The van der Waals surface area contributed by atoms with Crippen molar-refractivity contribution < 1.29 is 14.2 Å². The third-order valence-electron chi connectivity index (χ3n) is 8.95. The maximum Gasteiger partial charge on any atom is 0.175 e. The van der Waals surface area contributed by atoms with Crippen LogP contribution in [0.25, 0.3) is 0 Å². The quantitative estimate of drug-likeness (QED) is 0.338. The van der Waals surface area contributed by atoms with Crippen molar-refractivity contribution in [3.8, 4) is 5.75 Å². The minimum atomic E-state index is 0.0578. The summed E-state index contributed by atoms with van der Waals surface area (Å²) in [5.74, 6) is 3.09. The van der Waals surface area contributed by atoms with Crippen molar-refractivity contribution in [2.24, 2.45) is 17.1 Å². The number of nitrogens with two attached hydrogens (primary N) is 1. The molecule has 1 aliphatic carbocycles. The third kappa shape index (κ3) is 4.68. The Morgan fingerprint density at radius 2 is 2.02 bits per heavy atom. The first-order valence-electron chi connectivity index (χ1n) is 14.0. The Balaban J connectivity index is 0.994. The fraction of sp³-hybridized carbons (Fsp3) is 0.517. The predicted octanol–water partition coefficient (Wildman–Crippen LogP) is 3.47. The molecule has 210 valence electrons. The molecule has 1 spiro atoms. The van der Waals surface area contributed by atoms with Crippen molar-refractivity contribution in [2.45, 2.75) is 47.7 Å². The maximum absolute atomic E-state index is 6.72. The van der Waals surface area contributed by atoms with Crippen molar-refractivity contribution in [3.63, 3.8) is 0 Å². The number of fused-ring (bicyclic) bond motifs is 4. The smallest absolute Gasteiger partial charge is 0.175 e. The molecule has 0 radical (unpaired) electrons. The molecule has 40 heavy (non-hydrogen) atoms. The summed E-state index contributed by atoms with van der Waals surface area (Å²) >= 11 is 1.57. The summed E-state index contributed by atoms with van der Waals surface area (Å²) in [6.45, 7) is 4.41. The van der Waals surface area contributed by atoms with E-state index in [0.717, 1.165) is 72.6 Å². The van der Waals surface area contributed by atoms with Crippen molar-refractivity contribution >= 4 is 23.4 Å². The second-order valence-electron chi connectivity index (χ2n) is 11.3. The average Bonchev–Trinajstić information content (AvgIpc) is 3.53. The van der Waals surface area contributed by atoms with Gasteiger partial charge in [-0.05, 0) is 48.8 Å². The molecule has 2 saturated heterocycles. The molecule has 3 atom stereocenters. The molecule has 0 amide bonds. The van der Waals surface area contributed by atoms with Crippen LogP contribution in [0.4, 0.5) is 11.6 Å². The number of rotatable bonds is 7. The lowest BCUT2D eigenvalue weighted by Gasteiger charge is -2.42. The van der Waals surface area contributed by atoms with Crippen LogP contribution in [0.5, 0.6) is 5.75 Å². The molecule has 4 aliphatic rings. The minimum absolute atomic E-state index is 0.0578. The number of piperidine rings is 1. The summed E-state index contributed by atoms with van der Waals surface area (Å²) in [5, 5.41) is 0.836. The SMILES string of the molecule is COCOC[C@H]1C[C@@H]2COc3c(Sc4cnc(N5CCC6(CC5)Cc5ncccc5[C@H]6N)cn4)ccnc3N2C1. The zero-order valence-electron chi connectivity index (χ0n) is 22.7. The number of hydrogen-bond acceptors (Lipinski definition) is 11. The Hall–Kier alpha value is -2.99. The molecule has 11 heteroatoms. The Morgan fingerprint density at radius 1 is 1.12 bits per heavy atom. The highest BCUT2D eigenvalue weighted by Crippen LogP contribution is 2.50. The lowest BCUT2D eigenvalue weighted by molar-refractivity contribution is -0.0414. The van der Waals surface area contributed by atoms with Gasteiger partial charge in [-0.15, -0.1) is 0 Å². The first-order chi connectivity index (χ1) is 19.6. The lowest BCUT2D eigenvalue weighted by atomic mass is 9.73. The van der Waals surface area contributed by atoms with Gasteiger partial charge >= 0.3 is 0 Å². The zero-order chi connectivity index (χ0) is 27.1. The third-order valence-corrected chi connectivity index (χ3v) is 9.91. The zero-order valence-corrected chi connectivity index (χ0v) is 23.6. The molecule has 0 aromatic carbocycles. The van der Waals surface area contributed by atoms with Gasteiger partial charge in [0.05, 0.1) is 29.9 Å². The number of nitrogens with zero attached hydrogens (tertiary/aromatic N) is 6. The van der Waals surface area contributed by atoms with E-state index in [9.17, 15) is 0 Å². The summed E-state index contributed by atoms with van der Waals surface area (Å²) < 4.78 is 16.9. The van der Waals surface area contributed by atoms with Crippen LogP contribution in [0.15, 0.2) is 52.9 Å². The van der Waals surface area contributed by atoms with E-state index >= 15 is 0 Å². The average molecular weight is 562 g/mol. The highest BCUT2D eigenvalue weighted by atomic mass is 32.2. The summed E-state index contributed by atoms with van der Waals surface area (Å²) in [6.07, 6.45) is 11.5. The highest BCUT2D eigenvalue weighted by molar-refractivity contribution is 7.99. The molecule has 0 saturated carbocycles. The van der Waals surface area contributed by atoms with E-state index < -0.39 is 0 Å². The van der Waals surface area contributed by atoms with Crippen LogP contribution in [0.2, 0.25) is 0 Å². The Bertz CT molecular complexity index is 1350. The van der Waals surface area contributed by atoms with E-state index in [1.807, 2.05) is 36.9 Å². The standard InChI is InChI=1S/C29H35N7O3S/c1-37-18-38-16-19-11-20-17-39-26-23(4-8-32-28(26)36(20)15-19)40-25-14-33-24(13-34-25)35-9-5-29(6-10-35)12-22-21(27(29)30)3-2-7-31-22/h2-4,7-8,13-14,19-20,27H,5-6,9-12,15-18,30H2,1H3/t19-,20+,27+/m0/s1. The number of aromatic nitrogens is 4. The Kier molecular flexibility index (Phi) is 6.99.